The zero-order chi connectivity index (χ0) is 10.3. The highest BCUT2D eigenvalue weighted by molar-refractivity contribution is 9.10. The molecule has 0 amide bonds. The van der Waals surface area contributed by atoms with Gasteiger partial charge in [-0.2, -0.15) is 5.10 Å². The molecule has 2 heterocycles. The third kappa shape index (κ3) is 1.67. The first-order chi connectivity index (χ1) is 7.33. The van der Waals surface area contributed by atoms with Gasteiger partial charge in [0.05, 0.1) is 17.9 Å². The molecule has 4 heteroatoms. The van der Waals surface area contributed by atoms with Crippen LogP contribution in [-0.4, -0.2) is 14.8 Å². The van der Waals surface area contributed by atoms with Crippen molar-refractivity contribution < 1.29 is 0 Å². The fraction of sp³-hybridized carbons (Fsp3) is 0.455. The Balaban J connectivity index is 1.96. The van der Waals surface area contributed by atoms with Crippen LogP contribution >= 0.6 is 15.9 Å². The lowest BCUT2D eigenvalue weighted by Crippen LogP contribution is -2.18. The standard InChI is InChI=1S/C11H12BrN3/c12-11-4-9-5-14-15(10(9)6-13-11)7-8-2-1-3-8/h4-6,8H,1-3,7H2. The maximum absolute atomic E-state index is 4.41. The molecular formula is C11H12BrN3. The molecule has 0 radical (unpaired) electrons. The Morgan fingerprint density at radius 3 is 3.00 bits per heavy atom. The van der Waals surface area contributed by atoms with Crippen LogP contribution in [-0.2, 0) is 6.54 Å². The van der Waals surface area contributed by atoms with Gasteiger partial charge in [-0.25, -0.2) is 4.98 Å². The SMILES string of the molecule is Brc1cc2cnn(CC3CCC3)c2cn1. The maximum atomic E-state index is 4.41. The summed E-state index contributed by atoms with van der Waals surface area (Å²) < 4.78 is 2.96. The predicted octanol–water partition coefficient (Wildman–Crippen LogP) is 2.99. The van der Waals surface area contributed by atoms with Crippen LogP contribution in [0.5, 0.6) is 0 Å². The van der Waals surface area contributed by atoms with Crippen molar-refractivity contribution in [3.63, 3.8) is 0 Å². The molecule has 3 rings (SSSR count). The van der Waals surface area contributed by atoms with Gasteiger partial charge in [0.25, 0.3) is 0 Å². The van der Waals surface area contributed by atoms with E-state index in [0.29, 0.717) is 0 Å². The van der Waals surface area contributed by atoms with Crippen molar-refractivity contribution in [2.75, 3.05) is 0 Å². The molecule has 2 aromatic heterocycles. The second-order valence-electron chi connectivity index (χ2n) is 4.19. The number of hydrogen-bond donors (Lipinski definition) is 0. The average Bonchev–Trinajstić information content (AvgIpc) is 2.54. The molecule has 1 fully saturated rings. The third-order valence-electron chi connectivity index (χ3n) is 3.15. The number of halogens is 1. The lowest BCUT2D eigenvalue weighted by molar-refractivity contribution is 0.270. The van der Waals surface area contributed by atoms with E-state index in [-0.39, 0.29) is 0 Å². The number of nitrogens with zero attached hydrogens (tertiary/aromatic N) is 3. The Morgan fingerprint density at radius 1 is 1.40 bits per heavy atom. The monoisotopic (exact) mass is 265 g/mol. The highest BCUT2D eigenvalue weighted by Crippen LogP contribution is 2.28. The van der Waals surface area contributed by atoms with Gasteiger partial charge < -0.3 is 0 Å². The first-order valence-corrected chi connectivity index (χ1v) is 6.09. The molecule has 0 saturated heterocycles. The van der Waals surface area contributed by atoms with Crippen molar-refractivity contribution in [1.82, 2.24) is 14.8 Å². The fourth-order valence-corrected chi connectivity index (χ4v) is 2.36. The molecule has 3 nitrogen and oxygen atoms in total. The molecule has 0 atom stereocenters. The summed E-state index contributed by atoms with van der Waals surface area (Å²) in [5.74, 6) is 0.830. The maximum Gasteiger partial charge on any atom is 0.106 e. The number of rotatable bonds is 2. The Kier molecular flexibility index (Phi) is 2.24. The number of hydrogen-bond acceptors (Lipinski definition) is 2. The smallest absolute Gasteiger partial charge is 0.106 e. The van der Waals surface area contributed by atoms with Crippen LogP contribution in [0, 0.1) is 5.92 Å². The van der Waals surface area contributed by atoms with Crippen LogP contribution in [0.25, 0.3) is 10.9 Å². The minimum Gasteiger partial charge on any atom is -0.263 e. The molecule has 0 aromatic carbocycles. The van der Waals surface area contributed by atoms with E-state index in [1.807, 2.05) is 18.5 Å². The van der Waals surface area contributed by atoms with Crippen molar-refractivity contribution in [3.05, 3.63) is 23.1 Å². The summed E-state index contributed by atoms with van der Waals surface area (Å²) in [6.45, 7) is 1.05. The van der Waals surface area contributed by atoms with E-state index in [1.165, 1.54) is 19.3 Å². The Labute approximate surface area is 96.6 Å². The number of pyridine rings is 1. The molecule has 0 unspecified atom stereocenters. The molecular weight excluding hydrogens is 254 g/mol. The molecule has 0 N–H and O–H groups in total. The molecule has 2 aromatic rings. The summed E-state index contributed by atoms with van der Waals surface area (Å²) in [5, 5.41) is 5.58. The predicted molar refractivity (Wildman–Crippen MR) is 62.6 cm³/mol. The van der Waals surface area contributed by atoms with Crippen molar-refractivity contribution >= 4 is 26.8 Å². The lowest BCUT2D eigenvalue weighted by Gasteiger charge is -2.25. The van der Waals surface area contributed by atoms with Crippen molar-refractivity contribution in [2.45, 2.75) is 25.8 Å². The van der Waals surface area contributed by atoms with Gasteiger partial charge in [0.2, 0.25) is 0 Å². The van der Waals surface area contributed by atoms with E-state index in [0.717, 1.165) is 28.0 Å². The topological polar surface area (TPSA) is 30.7 Å². The van der Waals surface area contributed by atoms with Gasteiger partial charge in [0, 0.05) is 11.9 Å². The Morgan fingerprint density at radius 2 is 2.27 bits per heavy atom. The summed E-state index contributed by atoms with van der Waals surface area (Å²) in [6.07, 6.45) is 7.90. The minimum atomic E-state index is 0.830. The minimum absolute atomic E-state index is 0.830. The molecule has 1 aliphatic rings. The summed E-state index contributed by atoms with van der Waals surface area (Å²) in [5.41, 5.74) is 1.14. The second-order valence-corrected chi connectivity index (χ2v) is 5.00. The average molecular weight is 266 g/mol. The van der Waals surface area contributed by atoms with Gasteiger partial charge in [-0.1, -0.05) is 6.42 Å². The summed E-state index contributed by atoms with van der Waals surface area (Å²) in [6, 6.07) is 2.01. The zero-order valence-electron chi connectivity index (χ0n) is 8.36. The van der Waals surface area contributed by atoms with Gasteiger partial charge in [-0.05, 0) is 40.8 Å². The van der Waals surface area contributed by atoms with Crippen molar-refractivity contribution in [2.24, 2.45) is 5.92 Å². The van der Waals surface area contributed by atoms with Gasteiger partial charge >= 0.3 is 0 Å². The molecule has 0 bridgehead atoms. The van der Waals surface area contributed by atoms with E-state index in [1.54, 1.807) is 0 Å². The third-order valence-corrected chi connectivity index (χ3v) is 3.58. The summed E-state index contributed by atoms with van der Waals surface area (Å²) in [4.78, 5) is 4.25. The van der Waals surface area contributed by atoms with Gasteiger partial charge in [-0.15, -0.1) is 0 Å². The Hall–Kier alpha value is -0.900. The van der Waals surface area contributed by atoms with Gasteiger partial charge in [-0.3, -0.25) is 4.68 Å². The molecule has 1 saturated carbocycles. The number of aromatic nitrogens is 3. The molecule has 0 aliphatic heterocycles. The van der Waals surface area contributed by atoms with Crippen LogP contribution in [0.1, 0.15) is 19.3 Å². The van der Waals surface area contributed by atoms with Gasteiger partial charge in [0.1, 0.15) is 4.60 Å². The highest BCUT2D eigenvalue weighted by atomic mass is 79.9. The fourth-order valence-electron chi connectivity index (χ4n) is 2.02. The van der Waals surface area contributed by atoms with Crippen LogP contribution in [0.4, 0.5) is 0 Å². The van der Waals surface area contributed by atoms with E-state index < -0.39 is 0 Å². The van der Waals surface area contributed by atoms with Crippen LogP contribution in [0.2, 0.25) is 0 Å². The highest BCUT2D eigenvalue weighted by Gasteiger charge is 2.18. The largest absolute Gasteiger partial charge is 0.263 e. The molecule has 0 spiro atoms. The molecule has 15 heavy (non-hydrogen) atoms. The Bertz CT molecular complexity index is 488. The van der Waals surface area contributed by atoms with Crippen LogP contribution in [0.3, 0.4) is 0 Å². The van der Waals surface area contributed by atoms with Crippen molar-refractivity contribution in [3.8, 4) is 0 Å². The first kappa shape index (κ1) is 9.33. The number of fused-ring (bicyclic) bond motifs is 1. The summed E-state index contributed by atoms with van der Waals surface area (Å²) in [7, 11) is 0. The van der Waals surface area contributed by atoms with E-state index >= 15 is 0 Å². The first-order valence-electron chi connectivity index (χ1n) is 5.30. The zero-order valence-corrected chi connectivity index (χ0v) is 9.94. The summed E-state index contributed by atoms with van der Waals surface area (Å²) >= 11 is 3.37. The quantitative estimate of drug-likeness (QED) is 0.782. The van der Waals surface area contributed by atoms with Crippen LogP contribution in [0.15, 0.2) is 23.1 Å². The molecule has 1 aliphatic carbocycles. The van der Waals surface area contributed by atoms with Crippen molar-refractivity contribution in [1.29, 1.82) is 0 Å². The van der Waals surface area contributed by atoms with E-state index in [4.69, 9.17) is 0 Å². The van der Waals surface area contributed by atoms with E-state index in [2.05, 4.69) is 30.7 Å². The normalized spacial score (nSPS) is 16.9. The van der Waals surface area contributed by atoms with Crippen LogP contribution < -0.4 is 0 Å². The van der Waals surface area contributed by atoms with E-state index in [9.17, 15) is 0 Å². The molecule has 78 valence electrons. The second kappa shape index (κ2) is 3.59. The van der Waals surface area contributed by atoms with Gasteiger partial charge in [0.15, 0.2) is 0 Å². The lowest BCUT2D eigenvalue weighted by atomic mass is 9.85.